The molecule has 2 N–H and O–H groups in total. The van der Waals surface area contributed by atoms with Gasteiger partial charge in [0.25, 0.3) is 11.8 Å². The van der Waals surface area contributed by atoms with Gasteiger partial charge in [0.2, 0.25) is 11.8 Å². The summed E-state index contributed by atoms with van der Waals surface area (Å²) in [6.07, 6.45) is 2.82. The lowest BCUT2D eigenvalue weighted by molar-refractivity contribution is -0.136. The number of anilines is 1. The summed E-state index contributed by atoms with van der Waals surface area (Å²) in [7, 11) is 0. The molecule has 1 aromatic heterocycles. The molecule has 8 rings (SSSR count). The van der Waals surface area contributed by atoms with Gasteiger partial charge in [-0.25, -0.2) is 0 Å². The zero-order valence-corrected chi connectivity index (χ0v) is 32.5. The summed E-state index contributed by atoms with van der Waals surface area (Å²) in [5.74, 6) is -1.13. The molecule has 11 nitrogen and oxygen atoms in total. The maximum atomic E-state index is 14.0. The van der Waals surface area contributed by atoms with Crippen molar-refractivity contribution in [3.8, 4) is 0 Å². The number of carbonyl (C=O) groups excluding carboxylic acids is 5. The number of rotatable bonds is 12. The third kappa shape index (κ3) is 6.68. The maximum Gasteiger partial charge on any atom is 0.263 e. The van der Waals surface area contributed by atoms with Crippen LogP contribution in [0, 0.1) is 0 Å². The van der Waals surface area contributed by atoms with E-state index in [0.717, 1.165) is 95.9 Å². The number of thioether (sulfide) groups is 1. The third-order valence-corrected chi connectivity index (χ3v) is 12.8. The summed E-state index contributed by atoms with van der Waals surface area (Å²) >= 11 is 1.51. The minimum Gasteiger partial charge on any atom is -0.381 e. The highest BCUT2D eigenvalue weighted by molar-refractivity contribution is 7.99. The first kappa shape index (κ1) is 37.2. The Labute approximate surface area is 325 Å². The smallest absolute Gasteiger partial charge is 0.263 e. The Bertz CT molecular complexity index is 2220. The standard InChI is InChI=1S/C43H47N5O6S/c1-4-26-24-29-30(43(2,3)39-37(38(29)50)27-10-5-6-12-31(27)44-39)25-33(26)47-19-17-46(18-20-47)16-8-21-54-22-9-23-55-34-13-7-11-28-36(34)42(53)48(41(28)52)32-14-15-35(49)45-40(32)51/h5-7,10-13,24-25,32,44H,4,8-9,14-23H2,1-3H3,(H,45,49,51). The molecule has 0 radical (unpaired) electrons. The van der Waals surface area contributed by atoms with Crippen LogP contribution in [0.2, 0.25) is 0 Å². The van der Waals surface area contributed by atoms with E-state index in [1.54, 1.807) is 12.1 Å². The Kier molecular flexibility index (Phi) is 10.2. The summed E-state index contributed by atoms with van der Waals surface area (Å²) in [6.45, 7) is 12.6. The number of amides is 4. The quantitative estimate of drug-likeness (QED) is 0.106. The first-order chi connectivity index (χ1) is 26.6. The second-order valence-electron chi connectivity index (χ2n) is 15.4. The Morgan fingerprint density at radius 1 is 0.873 bits per heavy atom. The Balaban J connectivity index is 0.794. The van der Waals surface area contributed by atoms with Gasteiger partial charge in [0, 0.05) is 96.3 Å². The van der Waals surface area contributed by atoms with Crippen LogP contribution in [0.4, 0.5) is 5.69 Å². The van der Waals surface area contributed by atoms with E-state index in [9.17, 15) is 24.0 Å². The average molecular weight is 762 g/mol. The molecule has 55 heavy (non-hydrogen) atoms. The maximum absolute atomic E-state index is 14.0. The second kappa shape index (κ2) is 15.0. The molecule has 12 heteroatoms. The van der Waals surface area contributed by atoms with Crippen LogP contribution in [0.1, 0.15) is 99.9 Å². The summed E-state index contributed by atoms with van der Waals surface area (Å²) in [4.78, 5) is 74.7. The number of benzene rings is 3. The molecule has 1 atom stereocenters. The first-order valence-corrected chi connectivity index (χ1v) is 20.4. The van der Waals surface area contributed by atoms with E-state index >= 15 is 0 Å². The number of aromatic nitrogens is 1. The molecule has 4 aliphatic rings. The monoisotopic (exact) mass is 761 g/mol. The van der Waals surface area contributed by atoms with Crippen molar-refractivity contribution in [2.45, 2.75) is 69.2 Å². The number of hydrogen-bond acceptors (Lipinski definition) is 9. The average Bonchev–Trinajstić information content (AvgIpc) is 3.71. The molecule has 3 aromatic carbocycles. The van der Waals surface area contributed by atoms with Crippen LogP contribution >= 0.6 is 11.8 Å². The number of piperazine rings is 1. The highest BCUT2D eigenvalue weighted by atomic mass is 32.2. The number of imide groups is 2. The van der Waals surface area contributed by atoms with Crippen LogP contribution in [0.15, 0.2) is 59.5 Å². The van der Waals surface area contributed by atoms with Crippen molar-refractivity contribution in [1.29, 1.82) is 0 Å². The number of piperidine rings is 1. The molecule has 0 spiro atoms. The van der Waals surface area contributed by atoms with Gasteiger partial charge in [-0.05, 0) is 67.1 Å². The van der Waals surface area contributed by atoms with E-state index in [2.05, 4.69) is 53.0 Å². The van der Waals surface area contributed by atoms with E-state index in [1.165, 1.54) is 23.0 Å². The molecule has 1 aliphatic carbocycles. The number of carbonyl (C=O) groups is 5. The van der Waals surface area contributed by atoms with Gasteiger partial charge in [0.1, 0.15) is 6.04 Å². The van der Waals surface area contributed by atoms with Gasteiger partial charge in [-0.2, -0.15) is 0 Å². The van der Waals surface area contributed by atoms with E-state index in [1.807, 2.05) is 30.3 Å². The van der Waals surface area contributed by atoms with Gasteiger partial charge in [-0.15, -0.1) is 11.8 Å². The SMILES string of the molecule is CCc1cc2c(cc1N1CCN(CCCOCCCSc3cccc4c3C(=O)N(C3CCC(=O)NC3=O)C4=O)CC1)C(C)(C)c1[nH]c3ccccc3c1C2=O. The molecule has 0 saturated carbocycles. The van der Waals surface area contributed by atoms with E-state index in [4.69, 9.17) is 4.74 Å². The normalized spacial score (nSPS) is 19.5. The molecule has 4 heterocycles. The molecule has 4 aromatic rings. The van der Waals surface area contributed by atoms with Gasteiger partial charge >= 0.3 is 0 Å². The number of nitrogens with zero attached hydrogens (tertiary/aromatic N) is 3. The predicted octanol–water partition coefficient (Wildman–Crippen LogP) is 5.71. The summed E-state index contributed by atoms with van der Waals surface area (Å²) in [5.41, 5.74) is 7.50. The lowest BCUT2D eigenvalue weighted by Gasteiger charge is -2.39. The lowest BCUT2D eigenvalue weighted by Crippen LogP contribution is -2.54. The fourth-order valence-corrected chi connectivity index (χ4v) is 9.68. The van der Waals surface area contributed by atoms with E-state index in [-0.39, 0.29) is 24.0 Å². The van der Waals surface area contributed by atoms with Crippen molar-refractivity contribution in [2.24, 2.45) is 0 Å². The van der Waals surface area contributed by atoms with Gasteiger partial charge < -0.3 is 14.6 Å². The van der Waals surface area contributed by atoms with Crippen LogP contribution in [0.5, 0.6) is 0 Å². The van der Waals surface area contributed by atoms with Crippen molar-refractivity contribution in [3.05, 3.63) is 93.7 Å². The van der Waals surface area contributed by atoms with Crippen LogP contribution < -0.4 is 10.2 Å². The Morgan fingerprint density at radius 3 is 2.44 bits per heavy atom. The van der Waals surface area contributed by atoms with Crippen molar-refractivity contribution in [3.63, 3.8) is 0 Å². The molecular formula is C43H47N5O6S. The predicted molar refractivity (Wildman–Crippen MR) is 212 cm³/mol. The fraction of sp³-hybridized carbons (Fsp3) is 0.419. The topological polar surface area (TPSA) is 132 Å². The number of nitrogens with one attached hydrogen (secondary N) is 2. The van der Waals surface area contributed by atoms with Crippen LogP contribution in [0.25, 0.3) is 10.9 Å². The van der Waals surface area contributed by atoms with Gasteiger partial charge in [-0.3, -0.25) is 39.1 Å². The van der Waals surface area contributed by atoms with Crippen LogP contribution in [0.3, 0.4) is 0 Å². The number of ether oxygens (including phenoxy) is 1. The summed E-state index contributed by atoms with van der Waals surface area (Å²) in [5, 5.41) is 3.24. The third-order valence-electron chi connectivity index (χ3n) is 11.7. The highest BCUT2D eigenvalue weighted by Gasteiger charge is 2.46. The number of fused-ring (bicyclic) bond motifs is 5. The van der Waals surface area contributed by atoms with Gasteiger partial charge in [0.15, 0.2) is 5.78 Å². The molecule has 2 fully saturated rings. The van der Waals surface area contributed by atoms with Crippen molar-refractivity contribution >= 4 is 57.8 Å². The van der Waals surface area contributed by atoms with Gasteiger partial charge in [-0.1, -0.05) is 45.0 Å². The van der Waals surface area contributed by atoms with E-state index in [0.29, 0.717) is 29.2 Å². The Morgan fingerprint density at radius 2 is 1.65 bits per heavy atom. The minimum absolute atomic E-state index is 0.0929. The van der Waals surface area contributed by atoms with Crippen molar-refractivity contribution in [1.82, 2.24) is 20.1 Å². The number of aryl methyl sites for hydroxylation is 1. The van der Waals surface area contributed by atoms with Crippen LogP contribution in [-0.2, 0) is 26.2 Å². The van der Waals surface area contributed by atoms with Gasteiger partial charge in [0.05, 0.1) is 16.7 Å². The number of aromatic amines is 1. The summed E-state index contributed by atoms with van der Waals surface area (Å²) in [6, 6.07) is 16.8. The molecule has 1 unspecified atom stereocenters. The summed E-state index contributed by atoms with van der Waals surface area (Å²) < 4.78 is 5.97. The first-order valence-electron chi connectivity index (χ1n) is 19.4. The molecule has 3 aliphatic heterocycles. The zero-order chi connectivity index (χ0) is 38.4. The Hall–Kier alpha value is -4.78. The fourth-order valence-electron chi connectivity index (χ4n) is 8.68. The zero-order valence-electron chi connectivity index (χ0n) is 31.7. The van der Waals surface area contributed by atoms with Crippen molar-refractivity contribution < 1.29 is 28.7 Å². The number of para-hydroxylation sites is 1. The lowest BCUT2D eigenvalue weighted by atomic mass is 9.70. The molecule has 4 amide bonds. The minimum atomic E-state index is -0.972. The van der Waals surface area contributed by atoms with E-state index < -0.39 is 29.7 Å². The molecule has 2 saturated heterocycles. The molecule has 0 bridgehead atoms. The second-order valence-corrected chi connectivity index (χ2v) is 16.5. The van der Waals surface area contributed by atoms with Crippen molar-refractivity contribution in [2.75, 3.05) is 56.6 Å². The molecular weight excluding hydrogens is 715 g/mol. The molecule has 286 valence electrons. The highest BCUT2D eigenvalue weighted by Crippen LogP contribution is 2.46. The number of H-pyrrole nitrogens is 1. The van der Waals surface area contributed by atoms with Crippen LogP contribution in [-0.4, -0.2) is 102 Å². The largest absolute Gasteiger partial charge is 0.381 e. The number of ketones is 1. The number of hydrogen-bond donors (Lipinski definition) is 2.